The van der Waals surface area contributed by atoms with Crippen molar-refractivity contribution in [3.63, 3.8) is 0 Å². The molecule has 0 aliphatic rings. The SMILES string of the molecule is Cc1cc(C)cc(-n2nc(CC(N)=O)nc2C(C)n2cccc2)c1. The summed E-state index contributed by atoms with van der Waals surface area (Å²) in [4.78, 5) is 15.8. The topological polar surface area (TPSA) is 78.7 Å². The zero-order valence-electron chi connectivity index (χ0n) is 14.1. The highest BCUT2D eigenvalue weighted by atomic mass is 16.1. The smallest absolute Gasteiger partial charge is 0.225 e. The zero-order valence-corrected chi connectivity index (χ0v) is 14.1. The maximum Gasteiger partial charge on any atom is 0.225 e. The van der Waals surface area contributed by atoms with Gasteiger partial charge in [0, 0.05) is 12.4 Å². The lowest BCUT2D eigenvalue weighted by molar-refractivity contribution is -0.117. The number of nitrogens with zero attached hydrogens (tertiary/aromatic N) is 4. The van der Waals surface area contributed by atoms with E-state index < -0.39 is 5.91 Å². The Morgan fingerprint density at radius 1 is 1.17 bits per heavy atom. The third-order valence-corrected chi connectivity index (χ3v) is 3.91. The third-order valence-electron chi connectivity index (χ3n) is 3.91. The van der Waals surface area contributed by atoms with Crippen LogP contribution in [-0.4, -0.2) is 25.2 Å². The lowest BCUT2D eigenvalue weighted by Gasteiger charge is -2.15. The van der Waals surface area contributed by atoms with E-state index in [1.54, 1.807) is 0 Å². The van der Waals surface area contributed by atoms with Crippen molar-refractivity contribution in [1.29, 1.82) is 0 Å². The maximum atomic E-state index is 11.3. The Morgan fingerprint density at radius 2 is 1.79 bits per heavy atom. The van der Waals surface area contributed by atoms with Gasteiger partial charge in [-0.1, -0.05) is 6.07 Å². The summed E-state index contributed by atoms with van der Waals surface area (Å²) in [5.74, 6) is 0.774. The first-order valence-corrected chi connectivity index (χ1v) is 7.89. The average Bonchev–Trinajstić information content (AvgIpc) is 3.14. The summed E-state index contributed by atoms with van der Waals surface area (Å²) < 4.78 is 3.86. The van der Waals surface area contributed by atoms with E-state index in [4.69, 9.17) is 5.73 Å². The van der Waals surface area contributed by atoms with Gasteiger partial charge in [0.1, 0.15) is 0 Å². The van der Waals surface area contributed by atoms with Crippen molar-refractivity contribution in [2.75, 3.05) is 0 Å². The molecule has 2 heterocycles. The van der Waals surface area contributed by atoms with E-state index >= 15 is 0 Å². The third kappa shape index (κ3) is 3.22. The first kappa shape index (κ1) is 16.0. The first-order chi connectivity index (χ1) is 11.4. The molecule has 0 saturated heterocycles. The minimum Gasteiger partial charge on any atom is -0.369 e. The van der Waals surface area contributed by atoms with Crippen LogP contribution >= 0.6 is 0 Å². The lowest BCUT2D eigenvalue weighted by Crippen LogP contribution is -2.14. The van der Waals surface area contributed by atoms with E-state index in [-0.39, 0.29) is 12.5 Å². The summed E-state index contributed by atoms with van der Waals surface area (Å²) in [5, 5.41) is 4.53. The van der Waals surface area contributed by atoms with Crippen LogP contribution in [-0.2, 0) is 11.2 Å². The van der Waals surface area contributed by atoms with Crippen LogP contribution in [0.4, 0.5) is 0 Å². The standard InChI is InChI=1S/C18H21N5O/c1-12-8-13(2)10-15(9-12)23-18(14(3)22-6-4-5-7-22)20-17(21-23)11-16(19)24/h4-10,14H,11H2,1-3H3,(H2,19,24). The van der Waals surface area contributed by atoms with Crippen molar-refractivity contribution in [2.24, 2.45) is 5.73 Å². The van der Waals surface area contributed by atoms with Crippen LogP contribution in [0.2, 0.25) is 0 Å². The Morgan fingerprint density at radius 3 is 2.38 bits per heavy atom. The number of amides is 1. The number of benzene rings is 1. The van der Waals surface area contributed by atoms with Crippen LogP contribution < -0.4 is 5.73 Å². The largest absolute Gasteiger partial charge is 0.369 e. The van der Waals surface area contributed by atoms with E-state index in [1.807, 2.05) is 43.1 Å². The number of primary amides is 1. The molecule has 2 aromatic heterocycles. The molecule has 6 heteroatoms. The quantitative estimate of drug-likeness (QED) is 0.782. The molecule has 0 aliphatic heterocycles. The molecular formula is C18H21N5O. The van der Waals surface area contributed by atoms with Gasteiger partial charge in [-0.15, -0.1) is 0 Å². The van der Waals surface area contributed by atoms with Crippen molar-refractivity contribution < 1.29 is 4.79 Å². The molecule has 24 heavy (non-hydrogen) atoms. The van der Waals surface area contributed by atoms with E-state index in [9.17, 15) is 4.79 Å². The predicted molar refractivity (Wildman–Crippen MR) is 92.0 cm³/mol. The van der Waals surface area contributed by atoms with Gasteiger partial charge in [-0.25, -0.2) is 9.67 Å². The predicted octanol–water partition coefficient (Wildman–Crippen LogP) is 2.32. The van der Waals surface area contributed by atoms with Crippen molar-refractivity contribution >= 4 is 5.91 Å². The van der Waals surface area contributed by atoms with Crippen LogP contribution in [0.5, 0.6) is 0 Å². The molecule has 6 nitrogen and oxygen atoms in total. The molecule has 2 N–H and O–H groups in total. The minimum absolute atomic E-state index is 0.0186. The van der Waals surface area contributed by atoms with Gasteiger partial charge >= 0.3 is 0 Å². The van der Waals surface area contributed by atoms with Gasteiger partial charge < -0.3 is 10.3 Å². The fraction of sp³-hybridized carbons (Fsp3) is 0.278. The number of hydrogen-bond donors (Lipinski definition) is 1. The molecular weight excluding hydrogens is 302 g/mol. The van der Waals surface area contributed by atoms with Gasteiger partial charge in [0.25, 0.3) is 0 Å². The summed E-state index contributed by atoms with van der Waals surface area (Å²) in [6.45, 7) is 6.15. The number of aromatic nitrogens is 4. The van der Waals surface area contributed by atoms with Gasteiger partial charge in [0.2, 0.25) is 5.91 Å². The van der Waals surface area contributed by atoms with E-state index in [1.165, 1.54) is 0 Å². The molecule has 0 bridgehead atoms. The summed E-state index contributed by atoms with van der Waals surface area (Å²) >= 11 is 0. The van der Waals surface area contributed by atoms with Crippen LogP contribution in [0.3, 0.4) is 0 Å². The minimum atomic E-state index is -0.437. The summed E-state index contributed by atoms with van der Waals surface area (Å²) in [5.41, 5.74) is 8.54. The van der Waals surface area contributed by atoms with Crippen molar-refractivity contribution in [3.8, 4) is 5.69 Å². The number of hydrogen-bond acceptors (Lipinski definition) is 3. The highest BCUT2D eigenvalue weighted by Gasteiger charge is 2.19. The monoisotopic (exact) mass is 323 g/mol. The van der Waals surface area contributed by atoms with Crippen molar-refractivity contribution in [3.05, 3.63) is 65.5 Å². The Bertz CT molecular complexity index is 843. The van der Waals surface area contributed by atoms with E-state index in [0.717, 1.165) is 22.6 Å². The van der Waals surface area contributed by atoms with Gasteiger partial charge in [-0.3, -0.25) is 4.79 Å². The van der Waals surface area contributed by atoms with Crippen LogP contribution in [0.25, 0.3) is 5.69 Å². The average molecular weight is 323 g/mol. The van der Waals surface area contributed by atoms with Gasteiger partial charge in [0.05, 0.1) is 18.2 Å². The van der Waals surface area contributed by atoms with Crippen molar-refractivity contribution in [2.45, 2.75) is 33.2 Å². The lowest BCUT2D eigenvalue weighted by atomic mass is 10.1. The maximum absolute atomic E-state index is 11.3. The van der Waals surface area contributed by atoms with Crippen molar-refractivity contribution in [1.82, 2.24) is 19.3 Å². The summed E-state index contributed by atoms with van der Waals surface area (Å²) in [6.07, 6.45) is 4.00. The fourth-order valence-electron chi connectivity index (χ4n) is 2.87. The second kappa shape index (κ2) is 6.31. The Balaban J connectivity index is 2.12. The molecule has 3 rings (SSSR count). The van der Waals surface area contributed by atoms with Gasteiger partial charge in [-0.05, 0) is 56.2 Å². The number of carbonyl (C=O) groups is 1. The summed E-state index contributed by atoms with van der Waals surface area (Å²) in [6, 6.07) is 10.1. The Kier molecular flexibility index (Phi) is 4.20. The normalized spacial score (nSPS) is 12.3. The highest BCUT2D eigenvalue weighted by molar-refractivity contribution is 5.75. The molecule has 0 fully saturated rings. The number of aryl methyl sites for hydroxylation is 2. The molecule has 1 amide bonds. The molecule has 1 unspecified atom stereocenters. The molecule has 124 valence electrons. The van der Waals surface area contributed by atoms with E-state index in [0.29, 0.717) is 5.82 Å². The van der Waals surface area contributed by atoms with E-state index in [2.05, 4.69) is 39.8 Å². The van der Waals surface area contributed by atoms with Crippen LogP contribution in [0.15, 0.2) is 42.7 Å². The summed E-state index contributed by atoms with van der Waals surface area (Å²) in [7, 11) is 0. The highest BCUT2D eigenvalue weighted by Crippen LogP contribution is 2.22. The zero-order chi connectivity index (χ0) is 17.3. The second-order valence-electron chi connectivity index (χ2n) is 6.09. The number of carbonyl (C=O) groups excluding carboxylic acids is 1. The number of rotatable bonds is 5. The molecule has 0 aliphatic carbocycles. The molecule has 1 atom stereocenters. The molecule has 0 radical (unpaired) electrons. The molecule has 0 saturated carbocycles. The van der Waals surface area contributed by atoms with Crippen LogP contribution in [0, 0.1) is 13.8 Å². The molecule has 1 aromatic carbocycles. The Hall–Kier alpha value is -2.89. The van der Waals surface area contributed by atoms with Gasteiger partial charge in [-0.2, -0.15) is 5.10 Å². The second-order valence-corrected chi connectivity index (χ2v) is 6.09. The molecule has 3 aromatic rings. The van der Waals surface area contributed by atoms with Crippen LogP contribution in [0.1, 0.15) is 35.7 Å². The molecule has 0 spiro atoms. The fourth-order valence-corrected chi connectivity index (χ4v) is 2.87. The van der Waals surface area contributed by atoms with Gasteiger partial charge in [0.15, 0.2) is 11.6 Å². The first-order valence-electron chi connectivity index (χ1n) is 7.89. The number of nitrogens with two attached hydrogens (primary N) is 1. The Labute approximate surface area is 140 Å².